The summed E-state index contributed by atoms with van der Waals surface area (Å²) in [6.07, 6.45) is 4.67. The number of hydrogen-bond acceptors (Lipinski definition) is 3. The Morgan fingerprint density at radius 1 is 1.31 bits per heavy atom. The summed E-state index contributed by atoms with van der Waals surface area (Å²) in [5.41, 5.74) is 0.455. The van der Waals surface area contributed by atoms with E-state index in [1.165, 1.54) is 12.4 Å². The molecule has 5 nitrogen and oxygen atoms in total. The van der Waals surface area contributed by atoms with Crippen molar-refractivity contribution in [3.63, 3.8) is 0 Å². The number of anilines is 1. The first-order chi connectivity index (χ1) is 7.65. The number of rotatable bonds is 2. The first-order valence-electron chi connectivity index (χ1n) is 4.28. The maximum Gasteiger partial charge on any atom is 0.273 e. The molecule has 16 heavy (non-hydrogen) atoms. The van der Waals surface area contributed by atoms with E-state index in [1.807, 2.05) is 0 Å². The Balaban J connectivity index is 2.10. The van der Waals surface area contributed by atoms with Gasteiger partial charge in [0.15, 0.2) is 5.82 Å². The van der Waals surface area contributed by atoms with Crippen molar-refractivity contribution in [2.24, 2.45) is 0 Å². The van der Waals surface area contributed by atoms with Gasteiger partial charge in [-0.1, -0.05) is 0 Å². The molecule has 0 radical (unpaired) electrons. The van der Waals surface area contributed by atoms with E-state index in [9.17, 15) is 4.79 Å². The van der Waals surface area contributed by atoms with Crippen LogP contribution in [0.1, 0.15) is 10.5 Å². The van der Waals surface area contributed by atoms with E-state index in [1.54, 1.807) is 12.3 Å². The molecule has 0 atom stereocenters. The normalized spacial score (nSPS) is 10.1. The van der Waals surface area contributed by atoms with Crippen molar-refractivity contribution in [1.29, 1.82) is 0 Å². The van der Waals surface area contributed by atoms with Gasteiger partial charge < -0.3 is 10.3 Å². The van der Waals surface area contributed by atoms with Crippen LogP contribution in [0.2, 0.25) is 0 Å². The van der Waals surface area contributed by atoms with Crippen LogP contribution < -0.4 is 5.32 Å². The fourth-order valence-corrected chi connectivity index (χ4v) is 1.61. The van der Waals surface area contributed by atoms with Crippen LogP contribution >= 0.6 is 31.9 Å². The Hall–Kier alpha value is -1.21. The number of nitrogens with one attached hydrogen (secondary N) is 2. The Morgan fingerprint density at radius 2 is 2.12 bits per heavy atom. The molecule has 0 saturated heterocycles. The lowest BCUT2D eigenvalue weighted by Crippen LogP contribution is -2.13. The number of carbonyl (C=O) groups excluding carboxylic acids is 1. The topological polar surface area (TPSA) is 70.7 Å². The number of hydrogen-bond donors (Lipinski definition) is 2. The summed E-state index contributed by atoms with van der Waals surface area (Å²) < 4.78 is 1.44. The van der Waals surface area contributed by atoms with Crippen molar-refractivity contribution in [2.45, 2.75) is 0 Å². The second-order valence-corrected chi connectivity index (χ2v) is 4.64. The molecule has 0 aliphatic carbocycles. The van der Waals surface area contributed by atoms with Crippen molar-refractivity contribution < 1.29 is 4.79 Å². The van der Waals surface area contributed by atoms with Crippen LogP contribution in [-0.4, -0.2) is 20.9 Å². The summed E-state index contributed by atoms with van der Waals surface area (Å²) in [5.74, 6) is 0.140. The van der Waals surface area contributed by atoms with E-state index in [0.29, 0.717) is 16.1 Å². The molecule has 82 valence electrons. The second kappa shape index (κ2) is 4.75. The van der Waals surface area contributed by atoms with Gasteiger partial charge >= 0.3 is 0 Å². The lowest BCUT2D eigenvalue weighted by atomic mass is 10.4. The van der Waals surface area contributed by atoms with Gasteiger partial charge in [0, 0.05) is 10.7 Å². The van der Waals surface area contributed by atoms with Gasteiger partial charge in [0.1, 0.15) is 10.3 Å². The van der Waals surface area contributed by atoms with E-state index in [2.05, 4.69) is 52.1 Å². The Morgan fingerprint density at radius 3 is 2.69 bits per heavy atom. The van der Waals surface area contributed by atoms with Crippen LogP contribution in [-0.2, 0) is 0 Å². The SMILES string of the molecule is O=C(Nc1cnc(Br)cn1)c1cc(Br)c[nH]1. The van der Waals surface area contributed by atoms with E-state index in [4.69, 9.17) is 0 Å². The lowest BCUT2D eigenvalue weighted by Gasteiger charge is -2.01. The largest absolute Gasteiger partial charge is 0.356 e. The molecule has 0 aromatic carbocycles. The van der Waals surface area contributed by atoms with Gasteiger partial charge in [0.25, 0.3) is 5.91 Å². The van der Waals surface area contributed by atoms with Crippen LogP contribution in [0.25, 0.3) is 0 Å². The standard InChI is InChI=1S/C9H6Br2N4O/c10-5-1-6(12-2-5)9(16)15-8-4-13-7(11)3-14-8/h1-4,12H,(H,14,15,16). The van der Waals surface area contributed by atoms with E-state index >= 15 is 0 Å². The molecule has 2 aromatic heterocycles. The predicted octanol–water partition coefficient (Wildman–Crippen LogP) is 2.58. The Bertz CT molecular complexity index is 508. The monoisotopic (exact) mass is 344 g/mol. The number of nitrogens with zero attached hydrogens (tertiary/aromatic N) is 2. The fourth-order valence-electron chi connectivity index (χ4n) is 1.06. The third-order valence-electron chi connectivity index (χ3n) is 1.75. The molecule has 0 unspecified atom stereocenters. The highest BCUT2D eigenvalue weighted by Crippen LogP contribution is 2.12. The summed E-state index contributed by atoms with van der Waals surface area (Å²) in [4.78, 5) is 22.4. The molecule has 7 heteroatoms. The van der Waals surface area contributed by atoms with Crippen LogP contribution in [0.5, 0.6) is 0 Å². The highest BCUT2D eigenvalue weighted by molar-refractivity contribution is 9.10. The van der Waals surface area contributed by atoms with Crippen LogP contribution in [0.4, 0.5) is 5.82 Å². The van der Waals surface area contributed by atoms with E-state index in [0.717, 1.165) is 4.47 Å². The van der Waals surface area contributed by atoms with Gasteiger partial charge in [-0.2, -0.15) is 0 Å². The number of H-pyrrole nitrogens is 1. The molecule has 2 aromatic rings. The van der Waals surface area contributed by atoms with Gasteiger partial charge in [-0.05, 0) is 37.9 Å². The maximum absolute atomic E-state index is 11.7. The minimum atomic E-state index is -0.262. The summed E-state index contributed by atoms with van der Waals surface area (Å²) in [5, 5.41) is 2.61. The molecule has 2 N–H and O–H groups in total. The minimum absolute atomic E-state index is 0.262. The quantitative estimate of drug-likeness (QED) is 0.878. The highest BCUT2D eigenvalue weighted by atomic mass is 79.9. The highest BCUT2D eigenvalue weighted by Gasteiger charge is 2.08. The molecule has 0 aliphatic heterocycles. The Labute approximate surface area is 108 Å². The molecule has 0 bridgehead atoms. The van der Waals surface area contributed by atoms with Gasteiger partial charge in [0.05, 0.1) is 12.4 Å². The first-order valence-corrected chi connectivity index (χ1v) is 5.86. The average Bonchev–Trinajstić information content (AvgIpc) is 2.68. The van der Waals surface area contributed by atoms with Gasteiger partial charge in [-0.25, -0.2) is 9.97 Å². The Kier molecular flexibility index (Phi) is 3.35. The van der Waals surface area contributed by atoms with Crippen LogP contribution in [0.3, 0.4) is 0 Å². The number of carbonyl (C=O) groups is 1. The molecule has 2 heterocycles. The summed E-state index contributed by atoms with van der Waals surface area (Å²) >= 11 is 6.41. The second-order valence-electron chi connectivity index (χ2n) is 2.91. The van der Waals surface area contributed by atoms with Gasteiger partial charge in [0.2, 0.25) is 0 Å². The molecular formula is C9H6Br2N4O. The number of aromatic amines is 1. The van der Waals surface area contributed by atoms with E-state index < -0.39 is 0 Å². The van der Waals surface area contributed by atoms with Crippen molar-refractivity contribution in [1.82, 2.24) is 15.0 Å². The predicted molar refractivity (Wildman–Crippen MR) is 66.2 cm³/mol. The lowest BCUT2D eigenvalue weighted by molar-refractivity contribution is 0.102. The van der Waals surface area contributed by atoms with Crippen molar-refractivity contribution in [3.05, 3.63) is 39.4 Å². The molecule has 0 spiro atoms. The van der Waals surface area contributed by atoms with Gasteiger partial charge in [-0.15, -0.1) is 0 Å². The third kappa shape index (κ3) is 2.67. The third-order valence-corrected chi connectivity index (χ3v) is 2.62. The van der Waals surface area contributed by atoms with Crippen molar-refractivity contribution >= 4 is 43.6 Å². The molecule has 0 saturated carbocycles. The van der Waals surface area contributed by atoms with E-state index in [-0.39, 0.29) is 5.91 Å². The fraction of sp³-hybridized carbons (Fsp3) is 0. The average molecular weight is 346 g/mol. The molecule has 0 aliphatic rings. The smallest absolute Gasteiger partial charge is 0.273 e. The van der Waals surface area contributed by atoms with Crippen LogP contribution in [0.15, 0.2) is 33.7 Å². The number of aromatic nitrogens is 3. The zero-order valence-electron chi connectivity index (χ0n) is 7.87. The minimum Gasteiger partial charge on any atom is -0.356 e. The zero-order valence-corrected chi connectivity index (χ0v) is 11.0. The summed E-state index contributed by atoms with van der Waals surface area (Å²) in [6, 6.07) is 1.68. The molecular weight excluding hydrogens is 340 g/mol. The zero-order chi connectivity index (χ0) is 11.5. The van der Waals surface area contributed by atoms with Crippen LogP contribution in [0, 0.1) is 0 Å². The van der Waals surface area contributed by atoms with Gasteiger partial charge in [-0.3, -0.25) is 4.79 Å². The maximum atomic E-state index is 11.7. The number of halogens is 2. The molecule has 1 amide bonds. The first kappa shape index (κ1) is 11.3. The molecule has 0 fully saturated rings. The summed E-state index contributed by atoms with van der Waals surface area (Å²) in [7, 11) is 0. The molecule has 2 rings (SSSR count). The van der Waals surface area contributed by atoms with Crippen molar-refractivity contribution in [2.75, 3.05) is 5.32 Å². The van der Waals surface area contributed by atoms with Crippen molar-refractivity contribution in [3.8, 4) is 0 Å². The summed E-state index contributed by atoms with van der Waals surface area (Å²) in [6.45, 7) is 0. The number of amides is 1.